The summed E-state index contributed by atoms with van der Waals surface area (Å²) in [6.45, 7) is 0.153. The van der Waals surface area contributed by atoms with E-state index in [4.69, 9.17) is 9.68 Å². The summed E-state index contributed by atoms with van der Waals surface area (Å²) in [5.41, 5.74) is 2.51. The second kappa shape index (κ2) is 9.59. The molecule has 1 N–H and O–H groups in total. The van der Waals surface area contributed by atoms with Gasteiger partial charge >= 0.3 is 5.91 Å². The second-order valence-electron chi connectivity index (χ2n) is 5.79. The van der Waals surface area contributed by atoms with E-state index >= 15 is 0 Å². The number of rotatable bonds is 8. The van der Waals surface area contributed by atoms with Crippen LogP contribution in [0.1, 0.15) is 27.2 Å². The van der Waals surface area contributed by atoms with Crippen LogP contribution >= 0.6 is 0 Å². The first-order chi connectivity index (χ1) is 13.3. The average Bonchev–Trinajstić information content (AvgIpc) is 2.75. The first-order valence-corrected chi connectivity index (χ1v) is 8.50. The molecule has 0 unspecified atom stereocenters. The van der Waals surface area contributed by atoms with Gasteiger partial charge in [-0.05, 0) is 28.8 Å². The molecule has 2 aromatic carbocycles. The Morgan fingerprint density at radius 3 is 1.93 bits per heavy atom. The lowest BCUT2D eigenvalue weighted by atomic mass is 10.2. The fraction of sp³-hybridized carbons (Fsp3) is 0.143. The Bertz CT molecular complexity index is 813. The predicted octanol–water partition coefficient (Wildman–Crippen LogP) is 3.28. The number of aliphatic hydroxyl groups is 1. The maximum Gasteiger partial charge on any atom is 0.322 e. The third kappa shape index (κ3) is 5.46. The van der Waals surface area contributed by atoms with Gasteiger partial charge in [0.1, 0.15) is 18.9 Å². The van der Waals surface area contributed by atoms with Gasteiger partial charge in [-0.3, -0.25) is 9.78 Å². The number of carbonyl (C=O) groups excluding carboxylic acids is 1. The van der Waals surface area contributed by atoms with Crippen LogP contribution in [0.4, 0.5) is 0 Å². The lowest BCUT2D eigenvalue weighted by Crippen LogP contribution is -2.32. The van der Waals surface area contributed by atoms with Gasteiger partial charge in [-0.15, -0.1) is 0 Å². The van der Waals surface area contributed by atoms with Gasteiger partial charge in [0.2, 0.25) is 0 Å². The van der Waals surface area contributed by atoms with Gasteiger partial charge in [0.15, 0.2) is 0 Å². The molecular formula is C21H20N2O4. The van der Waals surface area contributed by atoms with Crippen molar-refractivity contribution in [2.24, 2.45) is 0 Å². The lowest BCUT2D eigenvalue weighted by Gasteiger charge is -2.20. The zero-order chi connectivity index (χ0) is 18.9. The summed E-state index contributed by atoms with van der Waals surface area (Å²) < 4.78 is 0. The molecule has 1 heterocycles. The molecule has 6 heteroatoms. The maximum atomic E-state index is 12.8. The molecule has 0 aliphatic heterocycles. The van der Waals surface area contributed by atoms with Crippen LogP contribution in [0.15, 0.2) is 79.0 Å². The van der Waals surface area contributed by atoms with E-state index in [1.165, 1.54) is 12.3 Å². The van der Waals surface area contributed by atoms with E-state index in [0.29, 0.717) is 5.56 Å². The number of pyridine rings is 1. The fourth-order valence-corrected chi connectivity index (χ4v) is 2.35. The molecule has 0 atom stereocenters. The Morgan fingerprint density at radius 1 is 0.852 bits per heavy atom. The van der Waals surface area contributed by atoms with E-state index in [9.17, 15) is 9.90 Å². The van der Waals surface area contributed by atoms with Crippen molar-refractivity contribution in [1.29, 1.82) is 0 Å². The number of hydroxylamine groups is 2. The second-order valence-corrected chi connectivity index (χ2v) is 5.79. The summed E-state index contributed by atoms with van der Waals surface area (Å²) in [6.07, 6.45) is 1.46. The molecule has 0 saturated carbocycles. The van der Waals surface area contributed by atoms with Crippen molar-refractivity contribution in [3.63, 3.8) is 0 Å². The summed E-state index contributed by atoms with van der Waals surface area (Å²) in [5.74, 6) is -0.544. The molecule has 3 aromatic rings. The van der Waals surface area contributed by atoms with Crippen LogP contribution < -0.4 is 0 Å². The highest BCUT2D eigenvalue weighted by atomic mass is 17.0. The molecule has 0 aliphatic carbocycles. The normalized spacial score (nSPS) is 10.6. The Balaban J connectivity index is 1.73. The quantitative estimate of drug-likeness (QED) is 0.621. The molecule has 3 rings (SSSR count). The Kier molecular flexibility index (Phi) is 6.65. The van der Waals surface area contributed by atoms with E-state index in [2.05, 4.69) is 4.98 Å². The predicted molar refractivity (Wildman–Crippen MR) is 98.8 cm³/mol. The number of hydrogen-bond donors (Lipinski definition) is 1. The van der Waals surface area contributed by atoms with Gasteiger partial charge in [-0.1, -0.05) is 65.9 Å². The fourth-order valence-electron chi connectivity index (χ4n) is 2.35. The summed E-state index contributed by atoms with van der Waals surface area (Å²) >= 11 is 0. The molecule has 0 radical (unpaired) electrons. The van der Waals surface area contributed by atoms with Crippen LogP contribution in [-0.4, -0.2) is 21.2 Å². The van der Waals surface area contributed by atoms with Gasteiger partial charge in [-0.2, -0.15) is 0 Å². The Morgan fingerprint density at radius 2 is 1.41 bits per heavy atom. The Labute approximate surface area is 157 Å². The van der Waals surface area contributed by atoms with Crippen LogP contribution in [0.5, 0.6) is 0 Å². The largest absolute Gasteiger partial charge is 0.392 e. The van der Waals surface area contributed by atoms with Gasteiger partial charge in [0.25, 0.3) is 0 Å². The van der Waals surface area contributed by atoms with Gasteiger partial charge in [-0.25, -0.2) is 9.68 Å². The Hall–Kier alpha value is -3.06. The zero-order valence-electron chi connectivity index (χ0n) is 14.7. The molecule has 6 nitrogen and oxygen atoms in total. The van der Waals surface area contributed by atoms with E-state index in [1.54, 1.807) is 6.07 Å². The van der Waals surface area contributed by atoms with Crippen molar-refractivity contribution in [2.75, 3.05) is 0 Å². The molecule has 138 valence electrons. The van der Waals surface area contributed by atoms with Crippen LogP contribution in [0.3, 0.4) is 0 Å². The number of carbonyl (C=O) groups is 1. The summed E-state index contributed by atoms with van der Waals surface area (Å²) in [5, 5.41) is 10.1. The number of benzene rings is 2. The van der Waals surface area contributed by atoms with E-state index in [0.717, 1.165) is 16.4 Å². The minimum absolute atomic E-state index is 0.127. The smallest absolute Gasteiger partial charge is 0.322 e. The molecular weight excluding hydrogens is 344 g/mol. The van der Waals surface area contributed by atoms with Crippen molar-refractivity contribution in [3.8, 4) is 0 Å². The highest BCUT2D eigenvalue weighted by molar-refractivity contribution is 5.90. The van der Waals surface area contributed by atoms with E-state index < -0.39 is 5.91 Å². The number of aliphatic hydroxyl groups excluding tert-OH is 1. The topological polar surface area (TPSA) is 71.9 Å². The third-order valence-electron chi connectivity index (χ3n) is 3.77. The molecule has 0 bridgehead atoms. The first-order valence-electron chi connectivity index (χ1n) is 8.50. The summed E-state index contributed by atoms with van der Waals surface area (Å²) in [6, 6.07) is 22.1. The van der Waals surface area contributed by atoms with Crippen LogP contribution in [0, 0.1) is 0 Å². The average molecular weight is 364 g/mol. The van der Waals surface area contributed by atoms with Crippen molar-refractivity contribution < 1.29 is 19.6 Å². The van der Waals surface area contributed by atoms with Gasteiger partial charge in [0, 0.05) is 6.20 Å². The highest BCUT2D eigenvalue weighted by Gasteiger charge is 2.20. The van der Waals surface area contributed by atoms with Gasteiger partial charge < -0.3 is 5.11 Å². The van der Waals surface area contributed by atoms with Crippen molar-refractivity contribution >= 4 is 5.91 Å². The van der Waals surface area contributed by atoms with Crippen LogP contribution in [-0.2, 0) is 29.5 Å². The number of amides is 1. The molecule has 1 aromatic heterocycles. The van der Waals surface area contributed by atoms with Crippen LogP contribution in [0.2, 0.25) is 0 Å². The molecule has 27 heavy (non-hydrogen) atoms. The zero-order valence-corrected chi connectivity index (χ0v) is 14.7. The molecule has 0 saturated heterocycles. The summed E-state index contributed by atoms with van der Waals surface area (Å²) in [7, 11) is 0. The molecule has 0 aliphatic rings. The van der Waals surface area contributed by atoms with E-state index in [1.807, 2.05) is 60.7 Å². The van der Waals surface area contributed by atoms with Gasteiger partial charge in [0.05, 0.1) is 6.61 Å². The SMILES string of the molecule is O=C(c1cc(CO)ccn1)N(OCc1ccccc1)OCc1ccccc1. The van der Waals surface area contributed by atoms with Crippen molar-refractivity contribution in [3.05, 3.63) is 101 Å². The van der Waals surface area contributed by atoms with Crippen molar-refractivity contribution in [1.82, 2.24) is 10.2 Å². The first kappa shape index (κ1) is 18.7. The third-order valence-corrected chi connectivity index (χ3v) is 3.77. The standard InChI is InChI=1S/C21H20N2O4/c24-14-19-11-12-22-20(13-19)21(25)23(26-15-17-7-3-1-4-8-17)27-16-18-9-5-2-6-10-18/h1-13,24H,14-16H2. The molecule has 0 fully saturated rings. The summed E-state index contributed by atoms with van der Waals surface area (Å²) in [4.78, 5) is 28.0. The molecule has 1 amide bonds. The molecule has 0 spiro atoms. The highest BCUT2D eigenvalue weighted by Crippen LogP contribution is 2.12. The van der Waals surface area contributed by atoms with Crippen LogP contribution in [0.25, 0.3) is 0 Å². The minimum Gasteiger partial charge on any atom is -0.392 e. The number of hydrogen-bond acceptors (Lipinski definition) is 5. The monoisotopic (exact) mass is 364 g/mol. The van der Waals surface area contributed by atoms with E-state index in [-0.39, 0.29) is 25.5 Å². The number of aromatic nitrogens is 1. The minimum atomic E-state index is -0.544. The maximum absolute atomic E-state index is 12.8. The van der Waals surface area contributed by atoms with Crippen molar-refractivity contribution in [2.45, 2.75) is 19.8 Å². The lowest BCUT2D eigenvalue weighted by molar-refractivity contribution is -0.339. The number of nitrogens with zero attached hydrogens (tertiary/aromatic N) is 2.